The lowest BCUT2D eigenvalue weighted by atomic mass is 9.98. The van der Waals surface area contributed by atoms with Gasteiger partial charge in [0.25, 0.3) is 0 Å². The van der Waals surface area contributed by atoms with E-state index in [1.54, 1.807) is 54.6 Å². The zero-order valence-corrected chi connectivity index (χ0v) is 22.5. The maximum Gasteiger partial charge on any atom is 0.400 e. The summed E-state index contributed by atoms with van der Waals surface area (Å²) in [6.07, 6.45) is -6.48. The average molecular weight is 600 g/mol. The topological polar surface area (TPSA) is 127 Å². The zero-order chi connectivity index (χ0) is 27.1. The molecular weight excluding hydrogens is 575 g/mol. The highest BCUT2D eigenvalue weighted by Crippen LogP contribution is 2.29. The van der Waals surface area contributed by atoms with Crippen LogP contribution in [0, 0.1) is 0 Å². The van der Waals surface area contributed by atoms with Gasteiger partial charge in [-0.05, 0) is 17.7 Å². The maximum absolute atomic E-state index is 12.7. The SMILES string of the molecule is CO[C@H]1O[C@H](COS(=O)(=O)OCC(Cl)(Cl)Cl)[C@@H](OCc2ccccc2)[C@H](O)[C@H]1OC(=O)c1ccccc1. The summed E-state index contributed by atoms with van der Waals surface area (Å²) in [6, 6.07) is 17.1. The molecule has 14 heteroatoms. The van der Waals surface area contributed by atoms with E-state index in [1.165, 1.54) is 7.11 Å². The summed E-state index contributed by atoms with van der Waals surface area (Å²) in [5.41, 5.74) is 1.01. The fraction of sp³-hybridized carbons (Fsp3) is 0.435. The van der Waals surface area contributed by atoms with Crippen molar-refractivity contribution >= 4 is 51.2 Å². The van der Waals surface area contributed by atoms with E-state index in [-0.39, 0.29) is 12.2 Å². The lowest BCUT2D eigenvalue weighted by Gasteiger charge is -2.43. The number of ether oxygens (including phenoxy) is 4. The summed E-state index contributed by atoms with van der Waals surface area (Å²) < 4.78 is 54.1. The van der Waals surface area contributed by atoms with Crippen molar-refractivity contribution in [3.63, 3.8) is 0 Å². The van der Waals surface area contributed by atoms with Crippen LogP contribution in [0.4, 0.5) is 0 Å². The van der Waals surface area contributed by atoms with Crippen LogP contribution in [0.5, 0.6) is 0 Å². The van der Waals surface area contributed by atoms with E-state index in [9.17, 15) is 18.3 Å². The minimum absolute atomic E-state index is 0.0238. The van der Waals surface area contributed by atoms with Gasteiger partial charge >= 0.3 is 16.4 Å². The van der Waals surface area contributed by atoms with Crippen LogP contribution in [0.2, 0.25) is 0 Å². The standard InChI is InChI=1S/C23H25Cl3O10S/c1-31-22-20(36-21(28)16-10-6-3-7-11-16)18(27)19(32-12-15-8-4-2-5-9-15)17(35-22)13-33-37(29,30)34-14-23(24,25)26/h2-11,17-20,22,27H,12-14H2,1H3/t17-,18+,19-,20-,22+/m1/s1. The Morgan fingerprint density at radius 1 is 1.00 bits per heavy atom. The van der Waals surface area contributed by atoms with Crippen molar-refractivity contribution in [3.05, 3.63) is 71.8 Å². The van der Waals surface area contributed by atoms with Gasteiger partial charge in [0.15, 0.2) is 12.4 Å². The van der Waals surface area contributed by atoms with Crippen molar-refractivity contribution in [3.8, 4) is 0 Å². The fourth-order valence-electron chi connectivity index (χ4n) is 3.41. The fourth-order valence-corrected chi connectivity index (χ4v) is 4.45. The Labute approximate surface area is 229 Å². The predicted molar refractivity (Wildman–Crippen MR) is 133 cm³/mol. The van der Waals surface area contributed by atoms with Crippen molar-refractivity contribution < 1.29 is 45.6 Å². The molecule has 0 spiro atoms. The number of aliphatic hydroxyl groups excluding tert-OH is 1. The van der Waals surface area contributed by atoms with Crippen LogP contribution in [-0.4, -0.2) is 74.3 Å². The van der Waals surface area contributed by atoms with E-state index in [0.717, 1.165) is 5.56 Å². The molecule has 0 saturated carbocycles. The molecule has 2 aromatic rings. The molecule has 37 heavy (non-hydrogen) atoms. The average Bonchev–Trinajstić information content (AvgIpc) is 2.87. The molecule has 3 rings (SSSR count). The number of aliphatic hydroxyl groups is 1. The van der Waals surface area contributed by atoms with Gasteiger partial charge < -0.3 is 24.1 Å². The van der Waals surface area contributed by atoms with E-state index < -0.39 is 64.1 Å². The smallest absolute Gasteiger partial charge is 0.400 e. The molecule has 0 radical (unpaired) electrons. The molecule has 0 unspecified atom stereocenters. The molecule has 1 saturated heterocycles. The summed E-state index contributed by atoms with van der Waals surface area (Å²) in [5, 5.41) is 11.2. The highest BCUT2D eigenvalue weighted by Gasteiger charge is 2.49. The van der Waals surface area contributed by atoms with Crippen LogP contribution in [-0.2, 0) is 44.3 Å². The molecule has 1 aliphatic heterocycles. The van der Waals surface area contributed by atoms with Crippen LogP contribution in [0.25, 0.3) is 0 Å². The number of benzene rings is 2. The van der Waals surface area contributed by atoms with Crippen LogP contribution in [0.1, 0.15) is 15.9 Å². The summed E-state index contributed by atoms with van der Waals surface area (Å²) >= 11 is 16.6. The van der Waals surface area contributed by atoms with E-state index in [0.29, 0.717) is 0 Å². The number of rotatable bonds is 11. The number of esters is 1. The van der Waals surface area contributed by atoms with E-state index in [1.807, 2.05) is 6.07 Å². The molecule has 0 aliphatic carbocycles. The molecule has 0 aromatic heterocycles. The van der Waals surface area contributed by atoms with Gasteiger partial charge in [-0.1, -0.05) is 83.3 Å². The number of halogens is 3. The molecule has 2 aromatic carbocycles. The van der Waals surface area contributed by atoms with Crippen molar-refractivity contribution in [2.24, 2.45) is 0 Å². The van der Waals surface area contributed by atoms with Crippen LogP contribution in [0.3, 0.4) is 0 Å². The van der Waals surface area contributed by atoms with Crippen molar-refractivity contribution in [1.29, 1.82) is 0 Å². The van der Waals surface area contributed by atoms with Gasteiger partial charge in [-0.3, -0.25) is 0 Å². The molecule has 0 amide bonds. The summed E-state index contributed by atoms with van der Waals surface area (Å²) in [7, 11) is -3.34. The summed E-state index contributed by atoms with van der Waals surface area (Å²) in [5.74, 6) is -0.727. The second-order valence-electron chi connectivity index (χ2n) is 7.84. The molecule has 0 bridgehead atoms. The molecular formula is C23H25Cl3O10S. The van der Waals surface area contributed by atoms with Crippen molar-refractivity contribution in [1.82, 2.24) is 0 Å². The van der Waals surface area contributed by atoms with Crippen LogP contribution < -0.4 is 0 Å². The number of carbonyl (C=O) groups is 1. The third kappa shape index (κ3) is 9.32. The van der Waals surface area contributed by atoms with Gasteiger partial charge in [0.05, 0.1) is 18.8 Å². The van der Waals surface area contributed by atoms with Crippen molar-refractivity contribution in [2.45, 2.75) is 41.1 Å². The maximum atomic E-state index is 12.7. The normalized spacial score (nSPS) is 24.5. The first-order chi connectivity index (χ1) is 17.5. The van der Waals surface area contributed by atoms with Gasteiger partial charge in [0, 0.05) is 7.11 Å². The Balaban J connectivity index is 1.77. The number of carbonyl (C=O) groups excluding carboxylic acids is 1. The molecule has 1 aliphatic rings. The predicted octanol–water partition coefficient (Wildman–Crippen LogP) is 3.18. The Kier molecular flexibility index (Phi) is 11.0. The van der Waals surface area contributed by atoms with Gasteiger partial charge in [-0.25, -0.2) is 13.2 Å². The van der Waals surface area contributed by atoms with Gasteiger partial charge in [-0.15, -0.1) is 0 Å². The second kappa shape index (κ2) is 13.5. The number of hydrogen-bond acceptors (Lipinski definition) is 10. The Bertz CT molecular complexity index is 1100. The third-order valence-electron chi connectivity index (χ3n) is 5.13. The van der Waals surface area contributed by atoms with E-state index >= 15 is 0 Å². The Morgan fingerprint density at radius 3 is 2.22 bits per heavy atom. The Hall–Kier alpha value is -1.51. The van der Waals surface area contributed by atoms with E-state index in [2.05, 4.69) is 4.18 Å². The third-order valence-corrected chi connectivity index (χ3v) is 6.29. The van der Waals surface area contributed by atoms with Gasteiger partial charge in [-0.2, -0.15) is 8.42 Å². The quantitative estimate of drug-likeness (QED) is 0.304. The lowest BCUT2D eigenvalue weighted by molar-refractivity contribution is -0.300. The van der Waals surface area contributed by atoms with Crippen LogP contribution >= 0.6 is 34.8 Å². The van der Waals surface area contributed by atoms with Crippen LogP contribution in [0.15, 0.2) is 60.7 Å². The second-order valence-corrected chi connectivity index (χ2v) is 11.6. The number of hydrogen-bond donors (Lipinski definition) is 1. The first-order valence-electron chi connectivity index (χ1n) is 10.9. The molecule has 5 atom stereocenters. The zero-order valence-electron chi connectivity index (χ0n) is 19.4. The summed E-state index contributed by atoms with van der Waals surface area (Å²) in [6.45, 7) is -1.42. The largest absolute Gasteiger partial charge is 0.450 e. The first kappa shape index (κ1) is 30.0. The molecule has 1 heterocycles. The van der Waals surface area contributed by atoms with Gasteiger partial charge in [0.2, 0.25) is 3.79 Å². The van der Waals surface area contributed by atoms with Gasteiger partial charge in [0.1, 0.15) is 24.9 Å². The lowest BCUT2D eigenvalue weighted by Crippen LogP contribution is -2.61. The number of methoxy groups -OCH3 is 1. The van der Waals surface area contributed by atoms with Crippen molar-refractivity contribution in [2.75, 3.05) is 20.3 Å². The Morgan fingerprint density at radius 2 is 1.62 bits per heavy atom. The molecule has 1 N–H and O–H groups in total. The number of alkyl halides is 3. The van der Waals surface area contributed by atoms with E-state index in [4.69, 9.17) is 57.9 Å². The minimum Gasteiger partial charge on any atom is -0.450 e. The summed E-state index contributed by atoms with van der Waals surface area (Å²) in [4.78, 5) is 12.7. The first-order valence-corrected chi connectivity index (χ1v) is 13.3. The molecule has 204 valence electrons. The highest BCUT2D eigenvalue weighted by molar-refractivity contribution is 7.81. The minimum atomic E-state index is -4.61. The molecule has 1 fully saturated rings. The monoisotopic (exact) mass is 598 g/mol. The molecule has 10 nitrogen and oxygen atoms in total. The highest BCUT2D eigenvalue weighted by atomic mass is 35.6.